The number of hydrogen-bond acceptors (Lipinski definition) is 5. The lowest BCUT2D eigenvalue weighted by molar-refractivity contribution is 0.168. The summed E-state index contributed by atoms with van der Waals surface area (Å²) < 4.78 is 10.1. The molecule has 1 aliphatic heterocycles. The van der Waals surface area contributed by atoms with Gasteiger partial charge in [-0.15, -0.1) is 0 Å². The Morgan fingerprint density at radius 3 is 1.88 bits per heavy atom. The molecule has 1 saturated heterocycles. The van der Waals surface area contributed by atoms with Gasteiger partial charge in [-0.2, -0.15) is 0 Å². The molecular formula is C20H25N3O3. The molecule has 1 N–H and O–H groups in total. The van der Waals surface area contributed by atoms with Gasteiger partial charge in [-0.3, -0.25) is 5.32 Å². The van der Waals surface area contributed by atoms with Crippen LogP contribution in [0.25, 0.3) is 0 Å². The van der Waals surface area contributed by atoms with E-state index < -0.39 is 6.09 Å². The topological polar surface area (TPSA) is 54.0 Å². The lowest BCUT2D eigenvalue weighted by Crippen LogP contribution is -2.46. The average molecular weight is 355 g/mol. The van der Waals surface area contributed by atoms with Crippen molar-refractivity contribution in [3.8, 4) is 5.75 Å². The first-order valence-corrected chi connectivity index (χ1v) is 8.87. The SMILES string of the molecule is CCOC(=O)Nc1ccc(N2CCN(c3ccc(OC)cc3)CC2)cc1. The van der Waals surface area contributed by atoms with E-state index in [2.05, 4.69) is 27.2 Å². The van der Waals surface area contributed by atoms with Crippen LogP contribution >= 0.6 is 0 Å². The normalized spacial score (nSPS) is 14.1. The highest BCUT2D eigenvalue weighted by atomic mass is 16.5. The second-order valence-corrected chi connectivity index (χ2v) is 6.06. The molecule has 0 unspecified atom stereocenters. The van der Waals surface area contributed by atoms with Gasteiger partial charge in [-0.05, 0) is 55.5 Å². The van der Waals surface area contributed by atoms with Crippen molar-refractivity contribution in [1.82, 2.24) is 0 Å². The fraction of sp³-hybridized carbons (Fsp3) is 0.350. The van der Waals surface area contributed by atoms with E-state index in [1.165, 1.54) is 5.69 Å². The predicted molar refractivity (Wildman–Crippen MR) is 105 cm³/mol. The highest BCUT2D eigenvalue weighted by Crippen LogP contribution is 2.23. The van der Waals surface area contributed by atoms with Crippen LogP contribution in [0, 0.1) is 0 Å². The Balaban J connectivity index is 1.54. The minimum atomic E-state index is -0.423. The number of amides is 1. The van der Waals surface area contributed by atoms with Gasteiger partial charge in [0, 0.05) is 43.2 Å². The van der Waals surface area contributed by atoms with Crippen LogP contribution in [-0.2, 0) is 4.74 Å². The van der Waals surface area contributed by atoms with Gasteiger partial charge >= 0.3 is 6.09 Å². The summed E-state index contributed by atoms with van der Waals surface area (Å²) >= 11 is 0. The summed E-state index contributed by atoms with van der Waals surface area (Å²) in [5.41, 5.74) is 3.12. The van der Waals surface area contributed by atoms with Gasteiger partial charge in [0.15, 0.2) is 0 Å². The van der Waals surface area contributed by atoms with Gasteiger partial charge < -0.3 is 19.3 Å². The number of benzene rings is 2. The van der Waals surface area contributed by atoms with Gasteiger partial charge in [0.05, 0.1) is 13.7 Å². The van der Waals surface area contributed by atoms with Gasteiger partial charge in [-0.1, -0.05) is 0 Å². The Kier molecular flexibility index (Phi) is 5.84. The third-order valence-electron chi connectivity index (χ3n) is 4.47. The van der Waals surface area contributed by atoms with Crippen LogP contribution in [0.2, 0.25) is 0 Å². The first-order chi connectivity index (χ1) is 12.7. The summed E-state index contributed by atoms with van der Waals surface area (Å²) in [5, 5.41) is 2.71. The van der Waals surface area contributed by atoms with Gasteiger partial charge in [-0.25, -0.2) is 4.79 Å². The minimum Gasteiger partial charge on any atom is -0.497 e. The number of nitrogens with zero attached hydrogens (tertiary/aromatic N) is 2. The van der Waals surface area contributed by atoms with Gasteiger partial charge in [0.1, 0.15) is 5.75 Å². The van der Waals surface area contributed by atoms with E-state index in [0.717, 1.165) is 43.3 Å². The summed E-state index contributed by atoms with van der Waals surface area (Å²) in [6.45, 7) is 5.99. The molecular weight excluding hydrogens is 330 g/mol. The molecule has 1 aliphatic rings. The third kappa shape index (κ3) is 4.39. The molecule has 6 nitrogen and oxygen atoms in total. The lowest BCUT2D eigenvalue weighted by atomic mass is 10.2. The van der Waals surface area contributed by atoms with Crippen molar-refractivity contribution in [1.29, 1.82) is 0 Å². The van der Waals surface area contributed by atoms with Crippen molar-refractivity contribution in [3.05, 3.63) is 48.5 Å². The molecule has 2 aromatic rings. The van der Waals surface area contributed by atoms with Crippen LogP contribution in [-0.4, -0.2) is 46.0 Å². The second-order valence-electron chi connectivity index (χ2n) is 6.06. The first-order valence-electron chi connectivity index (χ1n) is 8.87. The maximum Gasteiger partial charge on any atom is 0.411 e. The highest BCUT2D eigenvalue weighted by Gasteiger charge is 2.17. The number of methoxy groups -OCH3 is 1. The fourth-order valence-electron chi connectivity index (χ4n) is 3.06. The van der Waals surface area contributed by atoms with Crippen LogP contribution in [0.4, 0.5) is 21.9 Å². The molecule has 6 heteroatoms. The van der Waals surface area contributed by atoms with Crippen LogP contribution in [0.5, 0.6) is 5.75 Å². The Bertz CT molecular complexity index is 708. The number of nitrogens with one attached hydrogen (secondary N) is 1. The highest BCUT2D eigenvalue weighted by molar-refractivity contribution is 5.84. The largest absolute Gasteiger partial charge is 0.497 e. The minimum absolute atomic E-state index is 0.363. The van der Waals surface area contributed by atoms with Crippen LogP contribution in [0.1, 0.15) is 6.92 Å². The predicted octanol–water partition coefficient (Wildman–Crippen LogP) is 3.59. The molecule has 138 valence electrons. The molecule has 0 spiro atoms. The van der Waals surface area contributed by atoms with Crippen molar-refractivity contribution in [3.63, 3.8) is 0 Å². The molecule has 0 aromatic heterocycles. The third-order valence-corrected chi connectivity index (χ3v) is 4.47. The van der Waals surface area contributed by atoms with Gasteiger partial charge in [0.2, 0.25) is 0 Å². The maximum absolute atomic E-state index is 11.5. The van der Waals surface area contributed by atoms with Crippen LogP contribution in [0.3, 0.4) is 0 Å². The van der Waals surface area contributed by atoms with Crippen LogP contribution in [0.15, 0.2) is 48.5 Å². The summed E-state index contributed by atoms with van der Waals surface area (Å²) in [4.78, 5) is 16.2. The molecule has 0 atom stereocenters. The van der Waals surface area contributed by atoms with E-state index in [1.807, 2.05) is 36.4 Å². The van der Waals surface area contributed by atoms with Crippen molar-refractivity contribution in [2.75, 3.05) is 55.0 Å². The number of anilines is 3. The summed E-state index contributed by atoms with van der Waals surface area (Å²) in [7, 11) is 1.68. The molecule has 1 heterocycles. The van der Waals surface area contributed by atoms with E-state index >= 15 is 0 Å². The summed E-state index contributed by atoms with van der Waals surface area (Å²) in [6.07, 6.45) is -0.423. The van der Waals surface area contributed by atoms with Crippen LogP contribution < -0.4 is 19.9 Å². The standard InChI is InChI=1S/C20H25N3O3/c1-3-26-20(24)21-16-4-6-17(7-5-16)22-12-14-23(15-13-22)18-8-10-19(25-2)11-9-18/h4-11H,3,12-15H2,1-2H3,(H,21,24). The van der Waals surface area contributed by atoms with Crippen molar-refractivity contribution >= 4 is 23.2 Å². The second kappa shape index (κ2) is 8.47. The molecule has 3 rings (SSSR count). The molecule has 1 fully saturated rings. The Morgan fingerprint density at radius 2 is 1.42 bits per heavy atom. The van der Waals surface area contributed by atoms with Gasteiger partial charge in [0.25, 0.3) is 0 Å². The Labute approximate surface area is 154 Å². The van der Waals surface area contributed by atoms with E-state index in [-0.39, 0.29) is 0 Å². The maximum atomic E-state index is 11.5. The average Bonchev–Trinajstić information content (AvgIpc) is 2.69. The zero-order chi connectivity index (χ0) is 18.4. The summed E-state index contributed by atoms with van der Waals surface area (Å²) in [5.74, 6) is 0.879. The van der Waals surface area contributed by atoms with Crippen molar-refractivity contribution in [2.24, 2.45) is 0 Å². The molecule has 0 bridgehead atoms. The summed E-state index contributed by atoms with van der Waals surface area (Å²) in [6, 6.07) is 16.1. The molecule has 2 aromatic carbocycles. The monoisotopic (exact) mass is 355 g/mol. The zero-order valence-corrected chi connectivity index (χ0v) is 15.3. The number of carbonyl (C=O) groups excluding carboxylic acids is 1. The van der Waals surface area contributed by atoms with Crippen molar-refractivity contribution in [2.45, 2.75) is 6.92 Å². The first kappa shape index (κ1) is 17.9. The number of hydrogen-bond donors (Lipinski definition) is 1. The lowest BCUT2D eigenvalue weighted by Gasteiger charge is -2.37. The molecule has 0 aliphatic carbocycles. The van der Waals surface area contributed by atoms with E-state index in [9.17, 15) is 4.79 Å². The van der Waals surface area contributed by atoms with E-state index in [1.54, 1.807) is 14.0 Å². The smallest absolute Gasteiger partial charge is 0.411 e. The Hall–Kier alpha value is -2.89. The number of ether oxygens (including phenoxy) is 2. The number of piperazine rings is 1. The quantitative estimate of drug-likeness (QED) is 0.888. The number of rotatable bonds is 5. The molecule has 0 radical (unpaired) electrons. The molecule has 0 saturated carbocycles. The molecule has 26 heavy (non-hydrogen) atoms. The van der Waals surface area contributed by atoms with E-state index in [4.69, 9.17) is 9.47 Å². The van der Waals surface area contributed by atoms with E-state index in [0.29, 0.717) is 6.61 Å². The zero-order valence-electron chi connectivity index (χ0n) is 15.3. The fourth-order valence-corrected chi connectivity index (χ4v) is 3.06. The van der Waals surface area contributed by atoms with Crippen molar-refractivity contribution < 1.29 is 14.3 Å². The Morgan fingerprint density at radius 1 is 0.923 bits per heavy atom. The molecule has 1 amide bonds. The number of carbonyl (C=O) groups is 1.